The quantitative estimate of drug-likeness (QED) is 0.856. The summed E-state index contributed by atoms with van der Waals surface area (Å²) in [6, 6.07) is 15.0. The predicted octanol–water partition coefficient (Wildman–Crippen LogP) is 4.02. The summed E-state index contributed by atoms with van der Waals surface area (Å²) in [5.74, 6) is -0.623. The van der Waals surface area contributed by atoms with Crippen LogP contribution in [0, 0.1) is 5.92 Å². The molecule has 25 heavy (non-hydrogen) atoms. The van der Waals surface area contributed by atoms with E-state index in [0.717, 1.165) is 6.42 Å². The first-order valence-corrected chi connectivity index (χ1v) is 8.87. The fourth-order valence-electron chi connectivity index (χ4n) is 2.92. The predicted molar refractivity (Wildman–Crippen MR) is 99.9 cm³/mol. The van der Waals surface area contributed by atoms with E-state index >= 15 is 0 Å². The summed E-state index contributed by atoms with van der Waals surface area (Å²) in [5, 5.41) is 3.51. The maximum absolute atomic E-state index is 12.5. The number of carbonyl (C=O) groups excluding carboxylic acids is 2. The molecule has 1 saturated heterocycles. The Hall–Kier alpha value is -2.04. The van der Waals surface area contributed by atoms with Crippen molar-refractivity contribution in [1.82, 2.24) is 4.90 Å². The highest BCUT2D eigenvalue weighted by molar-refractivity contribution is 6.39. The largest absolute Gasteiger partial charge is 0.342 e. The third-order valence-electron chi connectivity index (χ3n) is 4.31. The molecule has 2 aromatic rings. The van der Waals surface area contributed by atoms with E-state index in [9.17, 15) is 9.59 Å². The van der Waals surface area contributed by atoms with Crippen molar-refractivity contribution in [3.05, 3.63) is 64.1 Å². The van der Waals surface area contributed by atoms with Crippen LogP contribution in [0.5, 0.6) is 0 Å². The Morgan fingerprint density at radius 1 is 1.08 bits per heavy atom. The molecular formula is C19H18Cl2N2O2. The first-order chi connectivity index (χ1) is 12.0. The molecule has 0 saturated carbocycles. The van der Waals surface area contributed by atoms with Gasteiger partial charge in [-0.25, -0.2) is 0 Å². The van der Waals surface area contributed by atoms with Crippen molar-refractivity contribution in [2.45, 2.75) is 12.8 Å². The van der Waals surface area contributed by atoms with Gasteiger partial charge in [0.2, 0.25) is 11.8 Å². The van der Waals surface area contributed by atoms with Gasteiger partial charge in [0.05, 0.1) is 21.7 Å². The molecule has 6 heteroatoms. The third-order valence-corrected chi connectivity index (χ3v) is 4.94. The number of halogens is 2. The van der Waals surface area contributed by atoms with Gasteiger partial charge in [-0.05, 0) is 24.1 Å². The maximum atomic E-state index is 12.5. The minimum atomic E-state index is -0.393. The third kappa shape index (κ3) is 4.33. The number of hydrogen-bond acceptors (Lipinski definition) is 2. The average Bonchev–Trinajstić information content (AvgIpc) is 2.98. The minimum absolute atomic E-state index is 0.00124. The van der Waals surface area contributed by atoms with Crippen molar-refractivity contribution >= 4 is 40.7 Å². The smallest absolute Gasteiger partial charge is 0.229 e. The molecule has 4 nitrogen and oxygen atoms in total. The summed E-state index contributed by atoms with van der Waals surface area (Å²) in [6.45, 7) is 1.03. The zero-order chi connectivity index (χ0) is 17.8. The van der Waals surface area contributed by atoms with E-state index < -0.39 is 5.92 Å². The monoisotopic (exact) mass is 376 g/mol. The fraction of sp³-hybridized carbons (Fsp3) is 0.263. The average molecular weight is 377 g/mol. The number of nitrogens with one attached hydrogen (secondary N) is 1. The van der Waals surface area contributed by atoms with Crippen molar-refractivity contribution in [3.63, 3.8) is 0 Å². The Morgan fingerprint density at radius 2 is 1.76 bits per heavy atom. The first-order valence-electron chi connectivity index (χ1n) is 8.11. The standard InChI is InChI=1S/C19H18Cl2N2O2/c20-15-7-4-8-16(21)18(15)22-19(25)14-11-17(24)23(12-14)10-9-13-5-2-1-3-6-13/h1-8,14H,9-12H2,(H,22,25). The van der Waals surface area contributed by atoms with Gasteiger partial charge in [0.25, 0.3) is 0 Å². The van der Waals surface area contributed by atoms with Gasteiger partial charge < -0.3 is 10.2 Å². The van der Waals surface area contributed by atoms with Crippen LogP contribution in [-0.4, -0.2) is 29.8 Å². The molecule has 2 amide bonds. The highest BCUT2D eigenvalue weighted by Gasteiger charge is 2.34. The number of amides is 2. The first kappa shape index (κ1) is 17.8. The van der Waals surface area contributed by atoms with Gasteiger partial charge >= 0.3 is 0 Å². The molecule has 1 aliphatic rings. The van der Waals surface area contributed by atoms with Crippen LogP contribution in [0.3, 0.4) is 0 Å². The van der Waals surface area contributed by atoms with Crippen molar-refractivity contribution in [2.24, 2.45) is 5.92 Å². The molecule has 0 radical (unpaired) electrons. The van der Waals surface area contributed by atoms with Crippen LogP contribution in [0.15, 0.2) is 48.5 Å². The molecule has 0 aliphatic carbocycles. The van der Waals surface area contributed by atoms with Crippen molar-refractivity contribution in [3.8, 4) is 0 Å². The van der Waals surface area contributed by atoms with Crippen LogP contribution in [0.2, 0.25) is 10.0 Å². The molecule has 0 spiro atoms. The Bertz CT molecular complexity index is 760. The van der Waals surface area contributed by atoms with E-state index in [0.29, 0.717) is 28.8 Å². The normalized spacial score (nSPS) is 17.0. The lowest BCUT2D eigenvalue weighted by Crippen LogP contribution is -2.30. The highest BCUT2D eigenvalue weighted by Crippen LogP contribution is 2.31. The molecule has 1 atom stereocenters. The Kier molecular flexibility index (Phi) is 5.61. The zero-order valence-corrected chi connectivity index (χ0v) is 15.1. The minimum Gasteiger partial charge on any atom is -0.342 e. The van der Waals surface area contributed by atoms with E-state index in [2.05, 4.69) is 5.32 Å². The van der Waals surface area contributed by atoms with Crippen LogP contribution in [-0.2, 0) is 16.0 Å². The second-order valence-corrected chi connectivity index (χ2v) is 6.88. The number of likely N-dealkylation sites (tertiary alicyclic amines) is 1. The molecule has 1 N–H and O–H groups in total. The van der Waals surface area contributed by atoms with Gasteiger partial charge in [-0.3, -0.25) is 9.59 Å². The second kappa shape index (κ2) is 7.89. The molecule has 130 valence electrons. The van der Waals surface area contributed by atoms with Gasteiger partial charge in [-0.1, -0.05) is 59.6 Å². The number of hydrogen-bond donors (Lipinski definition) is 1. The SMILES string of the molecule is O=C(Nc1c(Cl)cccc1Cl)C1CC(=O)N(CCc2ccccc2)C1. The highest BCUT2D eigenvalue weighted by atomic mass is 35.5. The lowest BCUT2D eigenvalue weighted by atomic mass is 10.1. The van der Waals surface area contributed by atoms with E-state index in [1.165, 1.54) is 5.56 Å². The zero-order valence-electron chi connectivity index (χ0n) is 13.5. The van der Waals surface area contributed by atoms with Crippen molar-refractivity contribution in [1.29, 1.82) is 0 Å². The number of benzene rings is 2. The molecular weight excluding hydrogens is 359 g/mol. The number of para-hydroxylation sites is 1. The van der Waals surface area contributed by atoms with Crippen LogP contribution < -0.4 is 5.32 Å². The summed E-state index contributed by atoms with van der Waals surface area (Å²) in [7, 11) is 0. The van der Waals surface area contributed by atoms with Crippen molar-refractivity contribution in [2.75, 3.05) is 18.4 Å². The Morgan fingerprint density at radius 3 is 2.44 bits per heavy atom. The van der Waals surface area contributed by atoms with Crippen LogP contribution in [0.1, 0.15) is 12.0 Å². The Labute approximate surface area is 156 Å². The van der Waals surface area contributed by atoms with Crippen LogP contribution >= 0.6 is 23.2 Å². The number of rotatable bonds is 5. The van der Waals surface area contributed by atoms with Gasteiger partial charge in [0, 0.05) is 19.5 Å². The summed E-state index contributed by atoms with van der Waals surface area (Å²) in [6.07, 6.45) is 0.986. The van der Waals surface area contributed by atoms with Gasteiger partial charge in [0.15, 0.2) is 0 Å². The van der Waals surface area contributed by atoms with Crippen LogP contribution in [0.25, 0.3) is 0 Å². The van der Waals surface area contributed by atoms with Crippen LogP contribution in [0.4, 0.5) is 5.69 Å². The summed E-state index contributed by atoms with van der Waals surface area (Å²) in [5.41, 5.74) is 1.57. The fourth-order valence-corrected chi connectivity index (χ4v) is 3.41. The number of nitrogens with zero attached hydrogens (tertiary/aromatic N) is 1. The molecule has 1 fully saturated rings. The number of anilines is 1. The van der Waals surface area contributed by atoms with E-state index in [1.807, 2.05) is 30.3 Å². The summed E-state index contributed by atoms with van der Waals surface area (Å²) >= 11 is 12.2. The lowest BCUT2D eigenvalue weighted by Gasteiger charge is -2.17. The lowest BCUT2D eigenvalue weighted by molar-refractivity contribution is -0.128. The van der Waals surface area contributed by atoms with Gasteiger partial charge in [0.1, 0.15) is 0 Å². The topological polar surface area (TPSA) is 49.4 Å². The van der Waals surface area contributed by atoms with Gasteiger partial charge in [-0.2, -0.15) is 0 Å². The Balaban J connectivity index is 1.59. The second-order valence-electron chi connectivity index (χ2n) is 6.06. The molecule has 2 aromatic carbocycles. The summed E-state index contributed by atoms with van der Waals surface area (Å²) < 4.78 is 0. The van der Waals surface area contributed by atoms with E-state index in [1.54, 1.807) is 23.1 Å². The molecule has 3 rings (SSSR count). The molecule has 1 unspecified atom stereocenters. The molecule has 0 aromatic heterocycles. The van der Waals surface area contributed by atoms with Gasteiger partial charge in [-0.15, -0.1) is 0 Å². The van der Waals surface area contributed by atoms with E-state index in [-0.39, 0.29) is 18.2 Å². The maximum Gasteiger partial charge on any atom is 0.229 e. The van der Waals surface area contributed by atoms with Crippen molar-refractivity contribution < 1.29 is 9.59 Å². The number of carbonyl (C=O) groups is 2. The molecule has 1 heterocycles. The summed E-state index contributed by atoms with van der Waals surface area (Å²) in [4.78, 5) is 26.4. The molecule has 1 aliphatic heterocycles. The van der Waals surface area contributed by atoms with E-state index in [4.69, 9.17) is 23.2 Å². The molecule has 0 bridgehead atoms.